The third-order valence-electron chi connectivity index (χ3n) is 9.10. The fourth-order valence-electron chi connectivity index (χ4n) is 6.49. The number of amides is 1. The van der Waals surface area contributed by atoms with E-state index in [9.17, 15) is 9.90 Å². The van der Waals surface area contributed by atoms with Crippen LogP contribution in [0.2, 0.25) is 0 Å². The molecule has 2 saturated heterocycles. The SMILES string of the molecule is CC(=O)N1CCC(C)(c2cc(-c3cncc([C@@](O)(c4ccc(C(C)C)cc4)C4(C)CN(C)C4)c3)n[nH]2)CC1. The summed E-state index contributed by atoms with van der Waals surface area (Å²) in [6, 6.07) is 12.6. The number of likely N-dealkylation sites (tertiary alicyclic amines) is 2. The molecular weight excluding hydrogens is 474 g/mol. The molecule has 7 heteroatoms. The zero-order valence-electron chi connectivity index (χ0n) is 23.6. The monoisotopic (exact) mass is 515 g/mol. The number of benzene rings is 1. The molecule has 2 aromatic heterocycles. The van der Waals surface area contributed by atoms with Gasteiger partial charge in [-0.1, -0.05) is 52.0 Å². The molecule has 38 heavy (non-hydrogen) atoms. The van der Waals surface area contributed by atoms with E-state index >= 15 is 0 Å². The summed E-state index contributed by atoms with van der Waals surface area (Å²) < 4.78 is 0. The van der Waals surface area contributed by atoms with Crippen molar-refractivity contribution in [1.82, 2.24) is 25.0 Å². The molecule has 0 spiro atoms. The largest absolute Gasteiger partial charge is 0.380 e. The minimum absolute atomic E-state index is 0.0644. The normalized spacial score (nSPS) is 20.7. The molecule has 4 heterocycles. The molecule has 3 aromatic rings. The highest BCUT2D eigenvalue weighted by molar-refractivity contribution is 5.73. The van der Waals surface area contributed by atoms with E-state index in [-0.39, 0.29) is 16.7 Å². The number of hydrogen-bond acceptors (Lipinski definition) is 5. The van der Waals surface area contributed by atoms with Crippen molar-refractivity contribution >= 4 is 5.91 Å². The van der Waals surface area contributed by atoms with Gasteiger partial charge >= 0.3 is 0 Å². The number of aliphatic hydroxyl groups is 1. The highest BCUT2D eigenvalue weighted by Crippen LogP contribution is 2.50. The molecular formula is C31H41N5O2. The molecule has 0 radical (unpaired) electrons. The van der Waals surface area contributed by atoms with E-state index < -0.39 is 5.60 Å². The van der Waals surface area contributed by atoms with Crippen molar-refractivity contribution in [3.63, 3.8) is 0 Å². The number of rotatable bonds is 6. The molecule has 2 aliphatic rings. The van der Waals surface area contributed by atoms with Crippen LogP contribution in [0.3, 0.4) is 0 Å². The number of nitrogens with zero attached hydrogens (tertiary/aromatic N) is 4. The first-order valence-corrected chi connectivity index (χ1v) is 13.7. The van der Waals surface area contributed by atoms with Crippen LogP contribution in [0.5, 0.6) is 0 Å². The lowest BCUT2D eigenvalue weighted by atomic mass is 9.62. The summed E-state index contributed by atoms with van der Waals surface area (Å²) in [5.74, 6) is 0.566. The Balaban J connectivity index is 1.49. The Morgan fingerprint density at radius 3 is 2.29 bits per heavy atom. The molecule has 2 fully saturated rings. The second-order valence-electron chi connectivity index (χ2n) is 12.4. The van der Waals surface area contributed by atoms with Crippen LogP contribution in [0.4, 0.5) is 0 Å². The Kier molecular flexibility index (Phi) is 6.72. The standard InChI is InChI=1S/C31H41N5O2/c1-21(2)23-7-9-25(10-8-23)31(38,30(5)19-35(6)20-30)26-15-24(17-32-18-26)27-16-28(34-33-27)29(4)11-13-36(14-12-29)22(3)37/h7-10,15-18,21,38H,11-14,19-20H2,1-6H3,(H,33,34)/t31-/m0/s1. The topological polar surface area (TPSA) is 85.3 Å². The van der Waals surface area contributed by atoms with Gasteiger partial charge in [0, 0.05) is 73.1 Å². The molecule has 5 rings (SSSR count). The van der Waals surface area contributed by atoms with Crippen LogP contribution in [0.1, 0.15) is 75.8 Å². The minimum Gasteiger partial charge on any atom is -0.380 e. The molecule has 202 valence electrons. The van der Waals surface area contributed by atoms with E-state index in [1.807, 2.05) is 17.2 Å². The van der Waals surface area contributed by atoms with Gasteiger partial charge in [-0.3, -0.25) is 14.9 Å². The molecule has 0 aliphatic carbocycles. The van der Waals surface area contributed by atoms with Gasteiger partial charge in [0.2, 0.25) is 5.91 Å². The number of pyridine rings is 1. The van der Waals surface area contributed by atoms with Crippen molar-refractivity contribution in [2.75, 3.05) is 33.2 Å². The molecule has 2 aliphatic heterocycles. The molecule has 1 atom stereocenters. The van der Waals surface area contributed by atoms with Crippen LogP contribution in [-0.2, 0) is 15.8 Å². The van der Waals surface area contributed by atoms with Crippen LogP contribution in [0.15, 0.2) is 48.8 Å². The van der Waals surface area contributed by atoms with Gasteiger partial charge in [0.25, 0.3) is 0 Å². The van der Waals surface area contributed by atoms with Gasteiger partial charge in [-0.2, -0.15) is 5.10 Å². The molecule has 0 saturated carbocycles. The van der Waals surface area contributed by atoms with E-state index in [1.165, 1.54) is 5.56 Å². The van der Waals surface area contributed by atoms with E-state index in [1.54, 1.807) is 13.1 Å². The van der Waals surface area contributed by atoms with Crippen molar-refractivity contribution < 1.29 is 9.90 Å². The second kappa shape index (κ2) is 9.62. The lowest BCUT2D eigenvalue weighted by Gasteiger charge is -2.55. The van der Waals surface area contributed by atoms with Gasteiger partial charge in [-0.25, -0.2) is 0 Å². The first kappa shape index (κ1) is 26.6. The van der Waals surface area contributed by atoms with Crippen molar-refractivity contribution in [3.8, 4) is 11.3 Å². The van der Waals surface area contributed by atoms with Crippen molar-refractivity contribution in [1.29, 1.82) is 0 Å². The van der Waals surface area contributed by atoms with Gasteiger partial charge in [-0.05, 0) is 49.1 Å². The first-order valence-electron chi connectivity index (χ1n) is 13.7. The van der Waals surface area contributed by atoms with Crippen LogP contribution < -0.4 is 0 Å². The Morgan fingerprint density at radius 1 is 1.05 bits per heavy atom. The quantitative estimate of drug-likeness (QED) is 0.498. The molecule has 0 bridgehead atoms. The Bertz CT molecular complexity index is 1300. The Hall–Kier alpha value is -3.03. The van der Waals surface area contributed by atoms with E-state index in [0.717, 1.165) is 67.1 Å². The number of hydrogen-bond donors (Lipinski definition) is 2. The second-order valence-corrected chi connectivity index (χ2v) is 12.4. The zero-order chi connectivity index (χ0) is 27.3. The number of carbonyl (C=O) groups excluding carboxylic acids is 1. The summed E-state index contributed by atoms with van der Waals surface area (Å²) in [7, 11) is 2.09. The third-order valence-corrected chi connectivity index (χ3v) is 9.10. The molecule has 1 amide bonds. The van der Waals surface area contributed by atoms with Crippen LogP contribution >= 0.6 is 0 Å². The fraction of sp³-hybridized carbons (Fsp3) is 0.516. The number of aromatic amines is 1. The number of nitrogens with one attached hydrogen (secondary N) is 1. The van der Waals surface area contributed by atoms with E-state index in [4.69, 9.17) is 0 Å². The summed E-state index contributed by atoms with van der Waals surface area (Å²) >= 11 is 0. The number of piperidine rings is 1. The lowest BCUT2D eigenvalue weighted by molar-refractivity contribution is -0.130. The van der Waals surface area contributed by atoms with Gasteiger partial charge in [0.05, 0.1) is 5.69 Å². The maximum Gasteiger partial charge on any atom is 0.219 e. The predicted molar refractivity (Wildman–Crippen MR) is 150 cm³/mol. The van der Waals surface area contributed by atoms with Crippen molar-refractivity contribution in [3.05, 3.63) is 71.2 Å². The van der Waals surface area contributed by atoms with Crippen molar-refractivity contribution in [2.24, 2.45) is 5.41 Å². The maximum atomic E-state index is 12.5. The van der Waals surface area contributed by atoms with Gasteiger partial charge < -0.3 is 14.9 Å². The average molecular weight is 516 g/mol. The number of aromatic nitrogens is 3. The van der Waals surface area contributed by atoms with Gasteiger partial charge in [-0.15, -0.1) is 0 Å². The van der Waals surface area contributed by atoms with Gasteiger partial charge in [0.1, 0.15) is 5.60 Å². The number of carbonyl (C=O) groups is 1. The van der Waals surface area contributed by atoms with E-state index in [2.05, 4.69) is 85.2 Å². The maximum absolute atomic E-state index is 12.5. The van der Waals surface area contributed by atoms with Crippen LogP contribution in [-0.4, -0.2) is 69.2 Å². The minimum atomic E-state index is -1.19. The third kappa shape index (κ3) is 4.46. The Labute approximate surface area is 226 Å². The predicted octanol–water partition coefficient (Wildman–Crippen LogP) is 4.68. The lowest BCUT2D eigenvalue weighted by Crippen LogP contribution is -2.63. The first-order chi connectivity index (χ1) is 17.9. The van der Waals surface area contributed by atoms with E-state index in [0.29, 0.717) is 5.92 Å². The summed E-state index contributed by atoms with van der Waals surface area (Å²) in [6.45, 7) is 13.5. The van der Waals surface area contributed by atoms with Crippen molar-refractivity contribution in [2.45, 2.75) is 64.4 Å². The molecule has 7 nitrogen and oxygen atoms in total. The smallest absolute Gasteiger partial charge is 0.219 e. The highest BCUT2D eigenvalue weighted by Gasteiger charge is 2.55. The van der Waals surface area contributed by atoms with Gasteiger partial charge in [0.15, 0.2) is 0 Å². The summed E-state index contributed by atoms with van der Waals surface area (Å²) in [5.41, 5.74) is 4.10. The average Bonchev–Trinajstić information content (AvgIpc) is 3.39. The molecule has 1 aromatic carbocycles. The summed E-state index contributed by atoms with van der Waals surface area (Å²) in [4.78, 5) is 20.5. The summed E-state index contributed by atoms with van der Waals surface area (Å²) in [6.07, 6.45) is 5.41. The molecule has 2 N–H and O–H groups in total. The zero-order valence-corrected chi connectivity index (χ0v) is 23.6. The van der Waals surface area contributed by atoms with Crippen LogP contribution in [0.25, 0.3) is 11.3 Å². The Morgan fingerprint density at radius 2 is 1.71 bits per heavy atom. The van der Waals surface area contributed by atoms with Crippen LogP contribution in [0, 0.1) is 5.41 Å². The highest BCUT2D eigenvalue weighted by atomic mass is 16.3. The fourth-order valence-corrected chi connectivity index (χ4v) is 6.49. The number of H-pyrrole nitrogens is 1. The summed E-state index contributed by atoms with van der Waals surface area (Å²) in [5, 5.41) is 20.5. The molecule has 0 unspecified atom stereocenters.